The van der Waals surface area contributed by atoms with Crippen LogP contribution in [-0.2, 0) is 13.6 Å². The van der Waals surface area contributed by atoms with Gasteiger partial charge in [0.05, 0.1) is 6.33 Å². The monoisotopic (exact) mass is 367 g/mol. The van der Waals surface area contributed by atoms with Crippen LogP contribution in [0.5, 0.6) is 0 Å². The van der Waals surface area contributed by atoms with Gasteiger partial charge >= 0.3 is 0 Å². The van der Waals surface area contributed by atoms with Crippen LogP contribution < -0.4 is 16.0 Å². The van der Waals surface area contributed by atoms with Gasteiger partial charge in [0.15, 0.2) is 5.82 Å². The quantitative estimate of drug-likeness (QED) is 0.665. The molecule has 9 heteroatoms. The summed E-state index contributed by atoms with van der Waals surface area (Å²) in [4.78, 5) is 30.4. The minimum atomic E-state index is -0.110. The van der Waals surface area contributed by atoms with E-state index >= 15 is 0 Å². The average molecular weight is 367 g/mol. The van der Waals surface area contributed by atoms with E-state index in [2.05, 4.69) is 20.1 Å². The lowest BCUT2D eigenvalue weighted by Crippen LogP contribution is -2.38. The summed E-state index contributed by atoms with van der Waals surface area (Å²) in [5.74, 6) is 1.69. The predicted molar refractivity (Wildman–Crippen MR) is 100 cm³/mol. The SMILES string of the molecule is Cn1cnc(N2CCC(Cn3nc(-n4cccn4)ccc3=O)CC2)cc1=O. The van der Waals surface area contributed by atoms with E-state index in [0.717, 1.165) is 25.9 Å². The molecule has 3 aromatic heterocycles. The molecule has 0 aliphatic carbocycles. The van der Waals surface area contributed by atoms with Gasteiger partial charge in [-0.2, -0.15) is 5.10 Å². The van der Waals surface area contributed by atoms with E-state index in [1.54, 1.807) is 42.6 Å². The number of rotatable bonds is 4. The first-order valence-corrected chi connectivity index (χ1v) is 8.96. The van der Waals surface area contributed by atoms with Crippen molar-refractivity contribution in [2.75, 3.05) is 18.0 Å². The Labute approximate surface area is 155 Å². The van der Waals surface area contributed by atoms with Gasteiger partial charge < -0.3 is 9.47 Å². The second kappa shape index (κ2) is 7.18. The van der Waals surface area contributed by atoms with Gasteiger partial charge in [-0.05, 0) is 30.9 Å². The van der Waals surface area contributed by atoms with Gasteiger partial charge in [0.2, 0.25) is 0 Å². The normalized spacial score (nSPS) is 15.2. The summed E-state index contributed by atoms with van der Waals surface area (Å²) < 4.78 is 4.62. The first-order valence-electron chi connectivity index (χ1n) is 8.96. The smallest absolute Gasteiger partial charge is 0.266 e. The van der Waals surface area contributed by atoms with Crippen molar-refractivity contribution in [2.45, 2.75) is 19.4 Å². The van der Waals surface area contributed by atoms with Crippen LogP contribution >= 0.6 is 0 Å². The van der Waals surface area contributed by atoms with Crippen LogP contribution in [0.3, 0.4) is 0 Å². The third kappa shape index (κ3) is 3.67. The molecule has 0 aromatic carbocycles. The fourth-order valence-electron chi connectivity index (χ4n) is 3.31. The number of hydrogen-bond acceptors (Lipinski definition) is 6. The van der Waals surface area contributed by atoms with Crippen molar-refractivity contribution >= 4 is 5.82 Å². The lowest BCUT2D eigenvalue weighted by atomic mass is 9.97. The lowest BCUT2D eigenvalue weighted by Gasteiger charge is -2.32. The van der Waals surface area contributed by atoms with Crippen molar-refractivity contribution in [3.05, 3.63) is 63.7 Å². The van der Waals surface area contributed by atoms with Crippen molar-refractivity contribution in [1.82, 2.24) is 29.1 Å². The van der Waals surface area contributed by atoms with Gasteiger partial charge in [0.1, 0.15) is 5.82 Å². The van der Waals surface area contributed by atoms with E-state index in [1.807, 2.05) is 6.07 Å². The second-order valence-corrected chi connectivity index (χ2v) is 6.79. The minimum absolute atomic E-state index is 0.0617. The summed E-state index contributed by atoms with van der Waals surface area (Å²) in [5.41, 5.74) is -0.171. The zero-order chi connectivity index (χ0) is 18.8. The Kier molecular flexibility index (Phi) is 4.57. The van der Waals surface area contributed by atoms with Crippen molar-refractivity contribution in [3.63, 3.8) is 0 Å². The first kappa shape index (κ1) is 17.2. The summed E-state index contributed by atoms with van der Waals surface area (Å²) in [7, 11) is 1.69. The van der Waals surface area contributed by atoms with Gasteiger partial charge in [0.25, 0.3) is 11.1 Å². The maximum absolute atomic E-state index is 12.2. The van der Waals surface area contributed by atoms with Crippen molar-refractivity contribution in [1.29, 1.82) is 0 Å². The number of aryl methyl sites for hydroxylation is 1. The van der Waals surface area contributed by atoms with Gasteiger partial charge in [-0.25, -0.2) is 14.3 Å². The van der Waals surface area contributed by atoms with Gasteiger partial charge in [-0.15, -0.1) is 5.10 Å². The molecule has 0 spiro atoms. The summed E-state index contributed by atoms with van der Waals surface area (Å²) >= 11 is 0. The van der Waals surface area contributed by atoms with Crippen LogP contribution in [0.4, 0.5) is 5.82 Å². The number of anilines is 1. The van der Waals surface area contributed by atoms with Gasteiger partial charge in [0, 0.05) is 51.2 Å². The van der Waals surface area contributed by atoms with Crippen molar-refractivity contribution in [3.8, 4) is 5.82 Å². The molecule has 0 amide bonds. The standard InChI is InChI=1S/C18H21N7O2/c1-22-13-19-16(11-18(22)27)23-9-5-14(6-10-23)12-25-17(26)4-3-15(21-25)24-8-2-7-20-24/h2-4,7-8,11,13-14H,5-6,9-10,12H2,1H3. The van der Waals surface area contributed by atoms with E-state index in [1.165, 1.54) is 15.3 Å². The molecule has 0 N–H and O–H groups in total. The molecule has 1 fully saturated rings. The fraction of sp³-hybridized carbons (Fsp3) is 0.389. The molecule has 4 heterocycles. The van der Waals surface area contributed by atoms with Crippen LogP contribution in [-0.4, -0.2) is 42.2 Å². The molecule has 0 bridgehead atoms. The molecule has 1 aliphatic rings. The van der Waals surface area contributed by atoms with Crippen molar-refractivity contribution < 1.29 is 0 Å². The maximum Gasteiger partial charge on any atom is 0.266 e. The predicted octanol–water partition coefficient (Wildman–Crippen LogP) is 0.439. The molecule has 0 saturated carbocycles. The summed E-state index contributed by atoms with van der Waals surface area (Å²) in [6, 6.07) is 6.59. The zero-order valence-corrected chi connectivity index (χ0v) is 15.1. The molecule has 0 atom stereocenters. The number of piperidine rings is 1. The second-order valence-electron chi connectivity index (χ2n) is 6.79. The Morgan fingerprint density at radius 1 is 1.11 bits per heavy atom. The van der Waals surface area contributed by atoms with Gasteiger partial charge in [-0.1, -0.05) is 0 Å². The molecule has 9 nitrogen and oxygen atoms in total. The van der Waals surface area contributed by atoms with E-state index in [4.69, 9.17) is 0 Å². The lowest BCUT2D eigenvalue weighted by molar-refractivity contribution is 0.333. The Morgan fingerprint density at radius 2 is 1.93 bits per heavy atom. The number of hydrogen-bond donors (Lipinski definition) is 0. The highest BCUT2D eigenvalue weighted by Gasteiger charge is 2.21. The van der Waals surface area contributed by atoms with Crippen LogP contribution in [0.1, 0.15) is 12.8 Å². The number of aromatic nitrogens is 6. The molecule has 4 rings (SSSR count). The maximum atomic E-state index is 12.2. The minimum Gasteiger partial charge on any atom is -0.356 e. The molecule has 3 aromatic rings. The molecule has 140 valence electrons. The van der Waals surface area contributed by atoms with E-state index in [0.29, 0.717) is 24.1 Å². The summed E-state index contributed by atoms with van der Waals surface area (Å²) in [6.07, 6.45) is 6.85. The molecule has 27 heavy (non-hydrogen) atoms. The van der Waals surface area contributed by atoms with Crippen LogP contribution in [0, 0.1) is 5.92 Å². The molecular weight excluding hydrogens is 346 g/mol. The third-order valence-corrected chi connectivity index (χ3v) is 4.92. The van der Waals surface area contributed by atoms with E-state index in [9.17, 15) is 9.59 Å². The molecule has 1 saturated heterocycles. The van der Waals surface area contributed by atoms with Crippen LogP contribution in [0.25, 0.3) is 5.82 Å². The van der Waals surface area contributed by atoms with E-state index in [-0.39, 0.29) is 11.1 Å². The zero-order valence-electron chi connectivity index (χ0n) is 15.1. The fourth-order valence-corrected chi connectivity index (χ4v) is 3.31. The Morgan fingerprint density at radius 3 is 2.63 bits per heavy atom. The van der Waals surface area contributed by atoms with Gasteiger partial charge in [-0.3, -0.25) is 9.59 Å². The van der Waals surface area contributed by atoms with Crippen LogP contribution in [0.15, 0.2) is 52.6 Å². The molecule has 1 aliphatic heterocycles. The van der Waals surface area contributed by atoms with Crippen molar-refractivity contribution in [2.24, 2.45) is 13.0 Å². The highest BCUT2D eigenvalue weighted by Crippen LogP contribution is 2.21. The Hall–Kier alpha value is -3.23. The summed E-state index contributed by atoms with van der Waals surface area (Å²) in [6.45, 7) is 2.18. The van der Waals surface area contributed by atoms with E-state index < -0.39 is 0 Å². The topological polar surface area (TPSA) is 90.8 Å². The third-order valence-electron chi connectivity index (χ3n) is 4.92. The van der Waals surface area contributed by atoms with Crippen LogP contribution in [0.2, 0.25) is 0 Å². The molecule has 0 unspecified atom stereocenters. The molecule has 0 radical (unpaired) electrons. The molecular formula is C18H21N7O2. The highest BCUT2D eigenvalue weighted by atomic mass is 16.1. The largest absolute Gasteiger partial charge is 0.356 e. The highest BCUT2D eigenvalue weighted by molar-refractivity contribution is 5.37. The summed E-state index contributed by atoms with van der Waals surface area (Å²) in [5, 5.41) is 8.60. The Bertz CT molecular complexity index is 1030. The Balaban J connectivity index is 1.43. The number of nitrogens with zero attached hydrogens (tertiary/aromatic N) is 7. The first-order chi connectivity index (χ1) is 13.1. The average Bonchev–Trinajstić information content (AvgIpc) is 3.21.